The zero-order valence-electron chi connectivity index (χ0n) is 10.8. The molecule has 0 saturated heterocycles. The van der Waals surface area contributed by atoms with Crippen molar-refractivity contribution >= 4 is 33.9 Å². The van der Waals surface area contributed by atoms with Gasteiger partial charge >= 0.3 is 5.97 Å². The van der Waals surface area contributed by atoms with Crippen molar-refractivity contribution in [3.05, 3.63) is 58.9 Å². The lowest BCUT2D eigenvalue weighted by atomic mass is 10.0. The molecule has 0 saturated carbocycles. The van der Waals surface area contributed by atoms with Gasteiger partial charge in [0.05, 0.1) is 17.0 Å². The Labute approximate surface area is 119 Å². The summed E-state index contributed by atoms with van der Waals surface area (Å²) < 4.78 is 1.91. The molecule has 0 atom stereocenters. The molecule has 1 N–H and O–H groups in total. The predicted molar refractivity (Wildman–Crippen MR) is 79.8 cm³/mol. The third-order valence-electron chi connectivity index (χ3n) is 3.08. The number of hydrogen-bond acceptors (Lipinski definition) is 3. The van der Waals surface area contributed by atoms with Crippen LogP contribution >= 0.6 is 11.3 Å². The number of nitrogens with zero attached hydrogens (tertiary/aromatic N) is 2. The Kier molecular flexibility index (Phi) is 3.12. The van der Waals surface area contributed by atoms with Crippen LogP contribution in [0.25, 0.3) is 16.6 Å². The summed E-state index contributed by atoms with van der Waals surface area (Å²) in [6.07, 6.45) is 3.58. The smallest absolute Gasteiger partial charge is 0.336 e. The van der Waals surface area contributed by atoms with Crippen LogP contribution in [0.15, 0.2) is 41.9 Å². The zero-order valence-corrected chi connectivity index (χ0v) is 11.6. The van der Waals surface area contributed by atoms with Crippen molar-refractivity contribution in [2.24, 2.45) is 0 Å². The summed E-state index contributed by atoms with van der Waals surface area (Å²) >= 11 is 1.53. The maximum absolute atomic E-state index is 11.5. The van der Waals surface area contributed by atoms with Crippen LogP contribution in [0, 0.1) is 6.92 Å². The Morgan fingerprint density at radius 2 is 2.10 bits per heavy atom. The fourth-order valence-electron chi connectivity index (χ4n) is 2.11. The molecular weight excluding hydrogens is 272 g/mol. The number of thiazole rings is 1. The van der Waals surface area contributed by atoms with Crippen LogP contribution < -0.4 is 0 Å². The van der Waals surface area contributed by atoms with Crippen LogP contribution in [-0.2, 0) is 4.79 Å². The van der Waals surface area contributed by atoms with Gasteiger partial charge in [-0.15, -0.1) is 11.3 Å². The van der Waals surface area contributed by atoms with Crippen molar-refractivity contribution in [1.82, 2.24) is 9.38 Å². The lowest BCUT2D eigenvalue weighted by Gasteiger charge is -2.03. The molecule has 0 radical (unpaired) electrons. The van der Waals surface area contributed by atoms with E-state index in [1.54, 1.807) is 18.2 Å². The number of aliphatic carboxylic acids is 1. The highest BCUT2D eigenvalue weighted by Crippen LogP contribution is 2.23. The summed E-state index contributed by atoms with van der Waals surface area (Å²) in [7, 11) is 0. The summed E-state index contributed by atoms with van der Waals surface area (Å²) in [4.78, 5) is 16.8. The van der Waals surface area contributed by atoms with Crippen molar-refractivity contribution in [3.63, 3.8) is 0 Å². The molecule has 4 nitrogen and oxygen atoms in total. The van der Waals surface area contributed by atoms with Gasteiger partial charge in [-0.2, -0.15) is 0 Å². The third kappa shape index (κ3) is 2.12. The van der Waals surface area contributed by atoms with Crippen LogP contribution in [0.5, 0.6) is 0 Å². The lowest BCUT2D eigenvalue weighted by Crippen LogP contribution is -2.00. The molecule has 0 spiro atoms. The Morgan fingerprint density at radius 3 is 2.80 bits per heavy atom. The highest BCUT2D eigenvalue weighted by atomic mass is 32.1. The number of carbonyl (C=O) groups is 1. The normalized spacial score (nSPS) is 11.9. The minimum atomic E-state index is -0.944. The minimum Gasteiger partial charge on any atom is -0.478 e. The first-order valence-corrected chi connectivity index (χ1v) is 6.97. The number of carboxylic acid groups (broad SMARTS) is 1. The second kappa shape index (κ2) is 4.94. The summed E-state index contributed by atoms with van der Waals surface area (Å²) in [5.74, 6) is -0.944. The lowest BCUT2D eigenvalue weighted by molar-refractivity contribution is -0.130. The van der Waals surface area contributed by atoms with Crippen molar-refractivity contribution in [2.45, 2.75) is 6.92 Å². The topological polar surface area (TPSA) is 54.6 Å². The van der Waals surface area contributed by atoms with E-state index in [-0.39, 0.29) is 5.57 Å². The average molecular weight is 284 g/mol. The maximum Gasteiger partial charge on any atom is 0.336 e. The highest BCUT2D eigenvalue weighted by molar-refractivity contribution is 7.15. The van der Waals surface area contributed by atoms with E-state index in [2.05, 4.69) is 4.98 Å². The predicted octanol–water partition coefficient (Wildman–Crippen LogP) is 3.33. The van der Waals surface area contributed by atoms with Gasteiger partial charge in [-0.1, -0.05) is 30.3 Å². The first-order valence-electron chi connectivity index (χ1n) is 6.09. The number of benzene rings is 1. The molecule has 2 aromatic heterocycles. The number of rotatable bonds is 3. The van der Waals surface area contributed by atoms with Gasteiger partial charge in [0.2, 0.25) is 0 Å². The quantitative estimate of drug-likeness (QED) is 0.751. The monoisotopic (exact) mass is 284 g/mol. The molecule has 0 aliphatic carbocycles. The van der Waals surface area contributed by atoms with E-state index in [0.717, 1.165) is 16.3 Å². The average Bonchev–Trinajstić information content (AvgIpc) is 2.98. The van der Waals surface area contributed by atoms with Gasteiger partial charge < -0.3 is 5.11 Å². The van der Waals surface area contributed by atoms with Gasteiger partial charge in [0.25, 0.3) is 0 Å². The Hall–Kier alpha value is -2.40. The van der Waals surface area contributed by atoms with E-state index in [4.69, 9.17) is 0 Å². The number of carboxylic acids is 1. The van der Waals surface area contributed by atoms with Crippen LogP contribution in [0.3, 0.4) is 0 Å². The summed E-state index contributed by atoms with van der Waals surface area (Å²) in [6.45, 7) is 1.88. The molecule has 20 heavy (non-hydrogen) atoms. The number of aryl methyl sites for hydroxylation is 1. The van der Waals surface area contributed by atoms with E-state index in [1.165, 1.54) is 11.3 Å². The van der Waals surface area contributed by atoms with Gasteiger partial charge in [-0.3, -0.25) is 4.40 Å². The molecule has 3 aromatic rings. The Morgan fingerprint density at radius 1 is 1.35 bits per heavy atom. The van der Waals surface area contributed by atoms with E-state index < -0.39 is 5.97 Å². The summed E-state index contributed by atoms with van der Waals surface area (Å²) in [5.41, 5.74) is 2.58. The van der Waals surface area contributed by atoms with E-state index in [1.807, 2.05) is 41.1 Å². The van der Waals surface area contributed by atoms with Crippen LogP contribution in [-0.4, -0.2) is 20.5 Å². The largest absolute Gasteiger partial charge is 0.478 e. The molecule has 0 unspecified atom stereocenters. The number of hydrogen-bond donors (Lipinski definition) is 1. The first kappa shape index (κ1) is 12.6. The zero-order chi connectivity index (χ0) is 14.1. The first-order chi connectivity index (χ1) is 9.66. The number of aromatic nitrogens is 2. The third-order valence-corrected chi connectivity index (χ3v) is 3.84. The van der Waals surface area contributed by atoms with Crippen molar-refractivity contribution < 1.29 is 9.90 Å². The Bertz CT molecular complexity index is 800. The van der Waals surface area contributed by atoms with Crippen LogP contribution in [0.1, 0.15) is 17.0 Å². The van der Waals surface area contributed by atoms with E-state index in [0.29, 0.717) is 5.56 Å². The molecule has 0 aliphatic heterocycles. The van der Waals surface area contributed by atoms with Crippen LogP contribution in [0.4, 0.5) is 0 Å². The molecule has 0 fully saturated rings. The second-order valence-corrected chi connectivity index (χ2v) is 5.24. The summed E-state index contributed by atoms with van der Waals surface area (Å²) in [5, 5.41) is 11.4. The van der Waals surface area contributed by atoms with E-state index >= 15 is 0 Å². The second-order valence-electron chi connectivity index (χ2n) is 4.37. The molecule has 3 rings (SSSR count). The van der Waals surface area contributed by atoms with Crippen molar-refractivity contribution in [2.75, 3.05) is 0 Å². The van der Waals surface area contributed by atoms with E-state index in [9.17, 15) is 9.90 Å². The number of imidazole rings is 1. The highest BCUT2D eigenvalue weighted by Gasteiger charge is 2.14. The van der Waals surface area contributed by atoms with Crippen LogP contribution in [0.2, 0.25) is 0 Å². The molecule has 0 bridgehead atoms. The SMILES string of the molecule is Cc1nc2sccn2c1/C=C(\C(=O)O)c1ccccc1. The number of fused-ring (bicyclic) bond motifs is 1. The van der Waals surface area contributed by atoms with Gasteiger partial charge in [0, 0.05) is 11.6 Å². The Balaban J connectivity index is 2.19. The van der Waals surface area contributed by atoms with Gasteiger partial charge in [0.15, 0.2) is 4.96 Å². The van der Waals surface area contributed by atoms with Crippen molar-refractivity contribution in [1.29, 1.82) is 0 Å². The molecule has 2 heterocycles. The molecule has 0 amide bonds. The minimum absolute atomic E-state index is 0.265. The molecule has 100 valence electrons. The molecular formula is C15H12N2O2S. The maximum atomic E-state index is 11.5. The molecule has 5 heteroatoms. The molecule has 1 aromatic carbocycles. The summed E-state index contributed by atoms with van der Waals surface area (Å²) in [6, 6.07) is 9.11. The van der Waals surface area contributed by atoms with Gasteiger partial charge in [-0.05, 0) is 18.6 Å². The fourth-order valence-corrected chi connectivity index (χ4v) is 2.87. The van der Waals surface area contributed by atoms with Gasteiger partial charge in [0.1, 0.15) is 0 Å². The molecule has 0 aliphatic rings. The van der Waals surface area contributed by atoms with Crippen molar-refractivity contribution in [3.8, 4) is 0 Å². The standard InChI is InChI=1S/C15H12N2O2S/c1-10-13(17-7-8-20-15(17)16-10)9-12(14(18)19)11-5-3-2-4-6-11/h2-9H,1H3,(H,18,19)/b12-9-. The van der Waals surface area contributed by atoms with Gasteiger partial charge in [-0.25, -0.2) is 9.78 Å². The fraction of sp³-hybridized carbons (Fsp3) is 0.0667.